The maximum absolute atomic E-state index is 12.4. The molecule has 1 N–H and O–H groups in total. The van der Waals surface area contributed by atoms with Gasteiger partial charge < -0.3 is 4.98 Å². The minimum absolute atomic E-state index is 0.0931. The molecule has 0 spiro atoms. The van der Waals surface area contributed by atoms with Gasteiger partial charge in [0, 0.05) is 20.0 Å². The molecule has 0 aliphatic carbocycles. The molecule has 0 radical (unpaired) electrons. The molecule has 0 aliphatic heterocycles. The minimum atomic E-state index is -3.59. The van der Waals surface area contributed by atoms with Gasteiger partial charge in [-0.25, -0.2) is 13.4 Å². The van der Waals surface area contributed by atoms with Gasteiger partial charge in [0.15, 0.2) is 5.03 Å². The van der Waals surface area contributed by atoms with E-state index in [2.05, 4.69) is 9.97 Å². The van der Waals surface area contributed by atoms with E-state index in [0.717, 1.165) is 5.56 Å². The van der Waals surface area contributed by atoms with Crippen molar-refractivity contribution in [2.24, 2.45) is 0 Å². The molecular formula is C14H16N4O2S. The number of aromatic nitrogens is 2. The Labute approximate surface area is 124 Å². The number of nitriles is 1. The topological polar surface area (TPSA) is 89.8 Å². The van der Waals surface area contributed by atoms with Crippen LogP contribution in [0.15, 0.2) is 35.5 Å². The van der Waals surface area contributed by atoms with Crippen molar-refractivity contribution in [3.8, 4) is 6.07 Å². The van der Waals surface area contributed by atoms with Crippen LogP contribution >= 0.6 is 0 Å². The average molecular weight is 304 g/mol. The molecule has 21 heavy (non-hydrogen) atoms. The van der Waals surface area contributed by atoms with Crippen LogP contribution in [0.5, 0.6) is 0 Å². The van der Waals surface area contributed by atoms with Crippen molar-refractivity contribution in [1.82, 2.24) is 14.3 Å². The van der Waals surface area contributed by atoms with Crippen LogP contribution in [-0.4, -0.2) is 29.7 Å². The normalized spacial score (nSPS) is 11.5. The first-order valence-electron chi connectivity index (χ1n) is 6.46. The Balaban J connectivity index is 2.18. The molecule has 0 saturated carbocycles. The van der Waals surface area contributed by atoms with E-state index in [1.165, 1.54) is 17.5 Å². The average Bonchev–Trinajstić information content (AvgIpc) is 2.97. The Morgan fingerprint density at radius 2 is 2.00 bits per heavy atom. The van der Waals surface area contributed by atoms with Crippen LogP contribution in [0.2, 0.25) is 0 Å². The molecule has 1 heterocycles. The maximum Gasteiger partial charge on any atom is 0.260 e. The third kappa shape index (κ3) is 3.29. The van der Waals surface area contributed by atoms with Crippen LogP contribution in [0, 0.1) is 11.3 Å². The Bertz CT molecular complexity index is 757. The van der Waals surface area contributed by atoms with E-state index in [4.69, 9.17) is 5.26 Å². The highest BCUT2D eigenvalue weighted by molar-refractivity contribution is 7.89. The number of nitrogens with one attached hydrogen (secondary N) is 1. The lowest BCUT2D eigenvalue weighted by molar-refractivity contribution is 0.464. The molecule has 1 aromatic heterocycles. The van der Waals surface area contributed by atoms with Crippen molar-refractivity contribution in [3.05, 3.63) is 47.4 Å². The zero-order chi connectivity index (χ0) is 15.5. The fourth-order valence-electron chi connectivity index (χ4n) is 1.85. The van der Waals surface area contributed by atoms with Crippen molar-refractivity contribution >= 4 is 10.0 Å². The van der Waals surface area contributed by atoms with Crippen molar-refractivity contribution in [2.75, 3.05) is 7.05 Å². The molecule has 0 amide bonds. The first kappa shape index (κ1) is 15.2. The number of hydrogen-bond donors (Lipinski definition) is 1. The van der Waals surface area contributed by atoms with E-state index in [1.807, 2.05) is 13.0 Å². The van der Waals surface area contributed by atoms with E-state index in [1.54, 1.807) is 24.3 Å². The molecule has 0 aliphatic rings. The molecular weight excluding hydrogens is 288 g/mol. The van der Waals surface area contributed by atoms with Crippen LogP contribution in [0.1, 0.15) is 23.9 Å². The van der Waals surface area contributed by atoms with Crippen molar-refractivity contribution in [2.45, 2.75) is 24.9 Å². The molecule has 0 unspecified atom stereocenters. The summed E-state index contributed by atoms with van der Waals surface area (Å²) in [4.78, 5) is 6.82. The first-order chi connectivity index (χ1) is 9.97. The zero-order valence-electron chi connectivity index (χ0n) is 11.9. The SMILES string of the molecule is CCc1ncc(S(=O)(=O)N(C)Cc2ccc(C#N)cc2)[nH]1. The van der Waals surface area contributed by atoms with Gasteiger partial charge in [-0.2, -0.15) is 9.57 Å². The lowest BCUT2D eigenvalue weighted by atomic mass is 10.1. The highest BCUT2D eigenvalue weighted by atomic mass is 32.2. The van der Waals surface area contributed by atoms with Crippen LogP contribution in [0.4, 0.5) is 0 Å². The highest BCUT2D eigenvalue weighted by Crippen LogP contribution is 2.15. The number of sulfonamides is 1. The molecule has 7 heteroatoms. The summed E-state index contributed by atoms with van der Waals surface area (Å²) in [7, 11) is -2.08. The van der Waals surface area contributed by atoms with Crippen LogP contribution in [0.25, 0.3) is 0 Å². The van der Waals surface area contributed by atoms with Crippen LogP contribution in [-0.2, 0) is 23.0 Å². The summed E-state index contributed by atoms with van der Waals surface area (Å²) >= 11 is 0. The Hall–Kier alpha value is -2.17. The van der Waals surface area contributed by atoms with Crippen LogP contribution in [0.3, 0.4) is 0 Å². The van der Waals surface area contributed by atoms with Crippen LogP contribution < -0.4 is 0 Å². The predicted octanol–water partition coefficient (Wildman–Crippen LogP) is 1.66. The molecule has 2 rings (SSSR count). The van der Waals surface area contributed by atoms with E-state index >= 15 is 0 Å². The van der Waals surface area contributed by atoms with E-state index < -0.39 is 10.0 Å². The van der Waals surface area contributed by atoms with E-state index in [-0.39, 0.29) is 11.6 Å². The fraction of sp³-hybridized carbons (Fsp3) is 0.286. The molecule has 0 saturated heterocycles. The number of H-pyrrole nitrogens is 1. The summed E-state index contributed by atoms with van der Waals surface area (Å²) in [6.07, 6.45) is 1.98. The quantitative estimate of drug-likeness (QED) is 0.909. The van der Waals surface area contributed by atoms with Gasteiger partial charge in [-0.3, -0.25) is 0 Å². The highest BCUT2D eigenvalue weighted by Gasteiger charge is 2.23. The van der Waals surface area contributed by atoms with Gasteiger partial charge in [-0.05, 0) is 17.7 Å². The third-order valence-electron chi connectivity index (χ3n) is 3.12. The van der Waals surface area contributed by atoms with Gasteiger partial charge >= 0.3 is 0 Å². The second-order valence-electron chi connectivity index (χ2n) is 4.62. The second-order valence-corrected chi connectivity index (χ2v) is 6.63. The summed E-state index contributed by atoms with van der Waals surface area (Å²) in [5, 5.41) is 8.84. The van der Waals surface area contributed by atoms with Gasteiger partial charge in [-0.1, -0.05) is 19.1 Å². The number of nitrogens with zero attached hydrogens (tertiary/aromatic N) is 3. The molecule has 0 atom stereocenters. The summed E-state index contributed by atoms with van der Waals surface area (Å²) in [6.45, 7) is 2.13. The Morgan fingerprint density at radius 3 is 2.52 bits per heavy atom. The summed E-state index contributed by atoms with van der Waals surface area (Å²) in [6, 6.07) is 8.85. The molecule has 6 nitrogen and oxygen atoms in total. The molecule has 0 bridgehead atoms. The number of aryl methyl sites for hydroxylation is 1. The van der Waals surface area contributed by atoms with Crippen molar-refractivity contribution in [1.29, 1.82) is 5.26 Å². The van der Waals surface area contributed by atoms with Gasteiger partial charge in [0.2, 0.25) is 0 Å². The first-order valence-corrected chi connectivity index (χ1v) is 7.90. The molecule has 110 valence electrons. The summed E-state index contributed by atoms with van der Waals surface area (Å²) in [5.41, 5.74) is 1.36. The molecule has 1 aromatic carbocycles. The van der Waals surface area contributed by atoms with E-state index in [0.29, 0.717) is 17.8 Å². The summed E-state index contributed by atoms with van der Waals surface area (Å²) in [5.74, 6) is 0.639. The fourth-order valence-corrected chi connectivity index (χ4v) is 2.94. The van der Waals surface area contributed by atoms with Gasteiger partial charge in [0.25, 0.3) is 10.0 Å². The largest absolute Gasteiger partial charge is 0.332 e. The lowest BCUT2D eigenvalue weighted by Gasteiger charge is -2.16. The lowest BCUT2D eigenvalue weighted by Crippen LogP contribution is -2.26. The van der Waals surface area contributed by atoms with Gasteiger partial charge in [0.05, 0.1) is 17.8 Å². The predicted molar refractivity (Wildman–Crippen MR) is 77.8 cm³/mol. The number of rotatable bonds is 5. The number of aromatic amines is 1. The third-order valence-corrected chi connectivity index (χ3v) is 4.83. The van der Waals surface area contributed by atoms with Crippen molar-refractivity contribution < 1.29 is 8.42 Å². The smallest absolute Gasteiger partial charge is 0.260 e. The number of imidazole rings is 1. The van der Waals surface area contributed by atoms with E-state index in [9.17, 15) is 8.42 Å². The van der Waals surface area contributed by atoms with Gasteiger partial charge in [-0.15, -0.1) is 0 Å². The maximum atomic E-state index is 12.4. The molecule has 0 fully saturated rings. The van der Waals surface area contributed by atoms with Crippen molar-refractivity contribution in [3.63, 3.8) is 0 Å². The summed E-state index contributed by atoms with van der Waals surface area (Å²) < 4.78 is 26.0. The second kappa shape index (κ2) is 6.08. The zero-order valence-corrected chi connectivity index (χ0v) is 12.7. The standard InChI is InChI=1S/C14H16N4O2S/c1-3-13-16-9-14(17-13)21(19,20)18(2)10-12-6-4-11(8-15)5-7-12/h4-7,9H,3,10H2,1-2H3,(H,16,17). The van der Waals surface area contributed by atoms with Gasteiger partial charge in [0.1, 0.15) is 5.82 Å². The Morgan fingerprint density at radius 1 is 1.33 bits per heavy atom. The Kier molecular flexibility index (Phi) is 4.40. The minimum Gasteiger partial charge on any atom is -0.332 e. The molecule has 2 aromatic rings. The number of benzene rings is 1. The monoisotopic (exact) mass is 304 g/mol. The number of hydrogen-bond acceptors (Lipinski definition) is 4.